The Morgan fingerprint density at radius 2 is 1.77 bits per heavy atom. The maximum Gasteiger partial charge on any atom is 0.333 e. The molecule has 1 amide bonds. The molecule has 8 atom stereocenters. The second-order valence-corrected chi connectivity index (χ2v) is 13.5. The molecule has 5 unspecified atom stereocenters. The number of hydrogen-bond acceptors (Lipinski definition) is 9. The van der Waals surface area contributed by atoms with Gasteiger partial charge in [-0.3, -0.25) is 19.2 Å². The molecule has 1 aromatic carbocycles. The van der Waals surface area contributed by atoms with Crippen LogP contribution in [-0.2, 0) is 33.4 Å². The minimum absolute atomic E-state index is 0.00706. The highest BCUT2D eigenvalue weighted by Gasteiger charge is 2.68. The first kappa shape index (κ1) is 32.0. The maximum atomic E-state index is 13.5. The predicted octanol–water partition coefficient (Wildman–Crippen LogP) is 3.14. The smallest absolute Gasteiger partial charge is 0.333 e. The number of carbonyl (C=O) groups excluding carboxylic acids is 5. The van der Waals surface area contributed by atoms with E-state index >= 15 is 0 Å². The van der Waals surface area contributed by atoms with Crippen LogP contribution in [0.4, 0.5) is 0 Å². The Labute approximate surface area is 257 Å². The second kappa shape index (κ2) is 12.2. The van der Waals surface area contributed by atoms with E-state index in [1.165, 1.54) is 7.11 Å². The minimum atomic E-state index is -1.76. The van der Waals surface area contributed by atoms with Crippen molar-refractivity contribution in [2.45, 2.75) is 89.4 Å². The average Bonchev–Trinajstić information content (AvgIpc) is 3.28. The van der Waals surface area contributed by atoms with Gasteiger partial charge in [0.25, 0.3) is 0 Å². The van der Waals surface area contributed by atoms with Crippen LogP contribution in [0.5, 0.6) is 0 Å². The monoisotopic (exact) mass is 609 g/mol. The van der Waals surface area contributed by atoms with Crippen molar-refractivity contribution >= 4 is 29.4 Å². The number of esters is 2. The first-order valence-corrected chi connectivity index (χ1v) is 15.6. The Morgan fingerprint density at radius 3 is 2.48 bits per heavy atom. The van der Waals surface area contributed by atoms with Crippen molar-refractivity contribution in [1.82, 2.24) is 5.32 Å². The van der Waals surface area contributed by atoms with Gasteiger partial charge in [-0.25, -0.2) is 4.79 Å². The fraction of sp³-hybridized carbons (Fsp3) is 0.618. The number of Topliss-reactive ketones (excluding diaryl/α,β-unsaturated/α-hetero) is 1. The Morgan fingerprint density at radius 1 is 1.05 bits per heavy atom. The molecule has 238 valence electrons. The van der Waals surface area contributed by atoms with Gasteiger partial charge in [0.05, 0.1) is 19.6 Å². The number of fused-ring (bicyclic) bond motifs is 5. The summed E-state index contributed by atoms with van der Waals surface area (Å²) in [5.74, 6) is -2.39. The topological polar surface area (TPSA) is 156 Å². The van der Waals surface area contributed by atoms with Gasteiger partial charge in [-0.2, -0.15) is 0 Å². The van der Waals surface area contributed by atoms with E-state index in [1.54, 1.807) is 36.4 Å². The molecule has 0 saturated heterocycles. The molecule has 0 radical (unpaired) electrons. The van der Waals surface area contributed by atoms with Crippen LogP contribution in [-0.4, -0.2) is 65.0 Å². The quantitative estimate of drug-likeness (QED) is 0.358. The number of aliphatic hydroxyl groups excluding tert-OH is 1. The highest BCUT2D eigenvalue weighted by atomic mass is 16.5. The largest absolute Gasteiger partial charge is 0.467 e. The molecule has 3 fully saturated rings. The molecule has 44 heavy (non-hydrogen) atoms. The number of ether oxygens (including phenoxy) is 2. The summed E-state index contributed by atoms with van der Waals surface area (Å²) < 4.78 is 10.0. The van der Waals surface area contributed by atoms with Crippen LogP contribution >= 0.6 is 0 Å². The zero-order valence-electron chi connectivity index (χ0n) is 25.7. The lowest BCUT2D eigenvalue weighted by atomic mass is 9.45. The molecule has 3 saturated carbocycles. The summed E-state index contributed by atoms with van der Waals surface area (Å²) in [5.41, 5.74) is -1.28. The highest BCUT2D eigenvalue weighted by Crippen LogP contribution is 2.67. The molecular weight excluding hydrogens is 566 g/mol. The SMILES string of the molecule is COC(=O)C(NC(=O)CCC(=O)OCC(=O)[C@@]1(O)CCC2C3CCC4=CC(=O)CC[C@]4(C)C3C(O)C[C@@]21C)c1ccccc1. The molecule has 10 nitrogen and oxygen atoms in total. The lowest BCUT2D eigenvalue weighted by molar-refractivity contribution is -0.184. The van der Waals surface area contributed by atoms with Crippen LogP contribution in [0.25, 0.3) is 0 Å². The maximum absolute atomic E-state index is 13.5. The molecule has 0 spiro atoms. The van der Waals surface area contributed by atoms with Crippen LogP contribution in [0, 0.1) is 28.6 Å². The number of amides is 1. The van der Waals surface area contributed by atoms with E-state index < -0.39 is 53.4 Å². The molecule has 10 heteroatoms. The van der Waals surface area contributed by atoms with Crippen LogP contribution in [0.15, 0.2) is 42.0 Å². The van der Waals surface area contributed by atoms with Gasteiger partial charge in [0.15, 0.2) is 18.4 Å². The number of hydrogen-bond donors (Lipinski definition) is 3. The van der Waals surface area contributed by atoms with E-state index in [2.05, 4.69) is 12.2 Å². The van der Waals surface area contributed by atoms with Crippen molar-refractivity contribution in [3.8, 4) is 0 Å². The number of allylic oxidation sites excluding steroid dienone is 1. The lowest BCUT2D eigenvalue weighted by Gasteiger charge is -2.60. The Kier molecular flexibility index (Phi) is 8.88. The van der Waals surface area contributed by atoms with Crippen LogP contribution in [0.1, 0.15) is 83.2 Å². The summed E-state index contributed by atoms with van der Waals surface area (Å²) in [7, 11) is 1.22. The van der Waals surface area contributed by atoms with E-state index in [4.69, 9.17) is 9.47 Å². The number of methoxy groups -OCH3 is 1. The molecule has 0 aliphatic heterocycles. The molecule has 0 heterocycles. The highest BCUT2D eigenvalue weighted by molar-refractivity contribution is 5.92. The number of aliphatic hydroxyl groups is 2. The van der Waals surface area contributed by atoms with Gasteiger partial charge in [0.2, 0.25) is 11.7 Å². The van der Waals surface area contributed by atoms with E-state index in [-0.39, 0.29) is 54.6 Å². The molecule has 3 N–H and O–H groups in total. The Balaban J connectivity index is 1.18. The first-order chi connectivity index (χ1) is 20.8. The van der Waals surface area contributed by atoms with Gasteiger partial charge in [-0.1, -0.05) is 49.8 Å². The van der Waals surface area contributed by atoms with Crippen LogP contribution in [0.2, 0.25) is 0 Å². The van der Waals surface area contributed by atoms with Gasteiger partial charge < -0.3 is 25.0 Å². The standard InChI is InChI=1S/C34H43NO9/c1-32-15-13-22(36)17-21(32)9-10-23-24-14-16-34(42,33(24,2)18-25(37)29(23)32)26(38)19-44-28(40)12-11-27(39)35-30(31(41)43-3)20-7-5-4-6-8-20/h4-8,17,23-25,29-30,37,42H,9-16,18-19H2,1-3H3,(H,35,39)/t23?,24?,25?,29?,30?,32-,33-,34-/m0/s1. The zero-order valence-corrected chi connectivity index (χ0v) is 25.7. The van der Waals surface area contributed by atoms with Gasteiger partial charge >= 0.3 is 11.9 Å². The summed E-state index contributed by atoms with van der Waals surface area (Å²) in [6.45, 7) is 3.39. The predicted molar refractivity (Wildman–Crippen MR) is 158 cm³/mol. The summed E-state index contributed by atoms with van der Waals surface area (Å²) in [5, 5.41) is 26.0. The molecule has 5 rings (SSSR count). The third kappa shape index (κ3) is 5.51. The summed E-state index contributed by atoms with van der Waals surface area (Å²) in [4.78, 5) is 62.9. The number of nitrogens with one attached hydrogen (secondary N) is 1. The number of carbonyl (C=O) groups is 5. The van der Waals surface area contributed by atoms with Gasteiger partial charge in [-0.15, -0.1) is 0 Å². The minimum Gasteiger partial charge on any atom is -0.467 e. The van der Waals surface area contributed by atoms with Crippen molar-refractivity contribution in [2.75, 3.05) is 13.7 Å². The van der Waals surface area contributed by atoms with Crippen molar-refractivity contribution in [1.29, 1.82) is 0 Å². The number of benzene rings is 1. The van der Waals surface area contributed by atoms with Crippen molar-refractivity contribution < 1.29 is 43.7 Å². The van der Waals surface area contributed by atoms with Crippen molar-refractivity contribution in [3.63, 3.8) is 0 Å². The fourth-order valence-electron chi connectivity index (χ4n) is 8.98. The summed E-state index contributed by atoms with van der Waals surface area (Å²) in [6.07, 6.45) is 4.25. The van der Waals surface area contributed by atoms with Crippen LogP contribution < -0.4 is 5.32 Å². The summed E-state index contributed by atoms with van der Waals surface area (Å²) in [6, 6.07) is 7.54. The second-order valence-electron chi connectivity index (χ2n) is 13.5. The van der Waals surface area contributed by atoms with E-state index in [0.29, 0.717) is 24.8 Å². The lowest BCUT2D eigenvalue weighted by Crippen LogP contribution is -2.62. The van der Waals surface area contributed by atoms with Gasteiger partial charge in [0, 0.05) is 18.3 Å². The molecule has 0 aromatic heterocycles. The fourth-order valence-corrected chi connectivity index (χ4v) is 8.98. The Bertz CT molecular complexity index is 1360. The zero-order chi connectivity index (χ0) is 31.9. The molecule has 1 aromatic rings. The van der Waals surface area contributed by atoms with E-state index in [9.17, 15) is 34.2 Å². The number of ketones is 2. The van der Waals surface area contributed by atoms with Crippen LogP contribution in [0.3, 0.4) is 0 Å². The normalized spacial score (nSPS) is 34.8. The van der Waals surface area contributed by atoms with E-state index in [1.807, 2.05) is 6.92 Å². The molecular formula is C34H43NO9. The molecule has 0 bridgehead atoms. The summed E-state index contributed by atoms with van der Waals surface area (Å²) >= 11 is 0. The van der Waals surface area contributed by atoms with Gasteiger partial charge in [-0.05, 0) is 73.3 Å². The van der Waals surface area contributed by atoms with Gasteiger partial charge in [0.1, 0.15) is 5.60 Å². The third-order valence-electron chi connectivity index (χ3n) is 11.3. The third-order valence-corrected chi connectivity index (χ3v) is 11.3. The Hall–Kier alpha value is -3.37. The van der Waals surface area contributed by atoms with E-state index in [0.717, 1.165) is 18.4 Å². The number of rotatable bonds is 9. The first-order valence-electron chi connectivity index (χ1n) is 15.6. The molecule has 4 aliphatic carbocycles. The average molecular weight is 610 g/mol. The van der Waals surface area contributed by atoms with Crippen molar-refractivity contribution in [2.24, 2.45) is 28.6 Å². The molecule has 4 aliphatic rings. The van der Waals surface area contributed by atoms with Crippen molar-refractivity contribution in [3.05, 3.63) is 47.5 Å².